The van der Waals surface area contributed by atoms with Crippen molar-refractivity contribution in [2.45, 2.75) is 18.1 Å². The van der Waals surface area contributed by atoms with Gasteiger partial charge in [0, 0.05) is 18.0 Å². The summed E-state index contributed by atoms with van der Waals surface area (Å²) in [6, 6.07) is 2.15. The lowest BCUT2D eigenvalue weighted by atomic mass is 10.1. The zero-order chi connectivity index (χ0) is 13.2. The molecule has 112 valence electrons. The third-order valence-corrected chi connectivity index (χ3v) is 6.22. The molecule has 0 aliphatic carbocycles. The van der Waals surface area contributed by atoms with E-state index in [1.807, 2.05) is 18.8 Å². The summed E-state index contributed by atoms with van der Waals surface area (Å²) in [6.07, 6.45) is 2.27. The third-order valence-electron chi connectivity index (χ3n) is 3.99. The van der Waals surface area contributed by atoms with Gasteiger partial charge in [0.2, 0.25) is 5.91 Å². The van der Waals surface area contributed by atoms with E-state index in [0.717, 1.165) is 38.2 Å². The number of thioether (sulfide) groups is 1. The molecule has 1 saturated heterocycles. The van der Waals surface area contributed by atoms with Crippen LogP contribution in [-0.2, 0) is 11.2 Å². The second kappa shape index (κ2) is 7.16. The molecule has 2 aliphatic heterocycles. The average molecular weight is 333 g/mol. The van der Waals surface area contributed by atoms with Crippen molar-refractivity contribution in [3.8, 4) is 0 Å². The van der Waals surface area contributed by atoms with E-state index in [9.17, 15) is 4.79 Å². The SMILES string of the molecule is CNCC1CCN(C(=O)C2SCCc3sccc32)C1.Cl. The van der Waals surface area contributed by atoms with E-state index in [-0.39, 0.29) is 17.7 Å². The van der Waals surface area contributed by atoms with Gasteiger partial charge >= 0.3 is 0 Å². The van der Waals surface area contributed by atoms with Crippen LogP contribution in [-0.4, -0.2) is 43.2 Å². The van der Waals surface area contributed by atoms with E-state index in [2.05, 4.69) is 21.7 Å². The second-order valence-corrected chi connectivity index (χ2v) is 7.51. The molecule has 3 heterocycles. The Hall–Kier alpha value is -0.230. The van der Waals surface area contributed by atoms with Gasteiger partial charge in [-0.1, -0.05) is 0 Å². The van der Waals surface area contributed by atoms with Crippen molar-refractivity contribution in [2.24, 2.45) is 5.92 Å². The molecule has 0 aromatic carbocycles. The number of likely N-dealkylation sites (tertiary alicyclic amines) is 1. The Kier molecular flexibility index (Phi) is 5.78. The van der Waals surface area contributed by atoms with Crippen molar-refractivity contribution in [3.63, 3.8) is 0 Å². The fourth-order valence-electron chi connectivity index (χ4n) is 3.00. The number of nitrogens with zero attached hydrogens (tertiary/aromatic N) is 1. The molecule has 3 nitrogen and oxygen atoms in total. The summed E-state index contributed by atoms with van der Waals surface area (Å²) in [5.41, 5.74) is 1.28. The van der Waals surface area contributed by atoms with Crippen molar-refractivity contribution in [3.05, 3.63) is 21.9 Å². The minimum atomic E-state index is 0. The summed E-state index contributed by atoms with van der Waals surface area (Å²) in [6.45, 7) is 2.88. The number of rotatable bonds is 3. The average Bonchev–Trinajstić information content (AvgIpc) is 3.06. The molecular formula is C14H21ClN2OS2. The van der Waals surface area contributed by atoms with Gasteiger partial charge in [-0.05, 0) is 55.1 Å². The lowest BCUT2D eigenvalue weighted by molar-refractivity contribution is -0.129. The van der Waals surface area contributed by atoms with Gasteiger partial charge in [0.25, 0.3) is 0 Å². The van der Waals surface area contributed by atoms with Crippen LogP contribution in [0.2, 0.25) is 0 Å². The van der Waals surface area contributed by atoms with Gasteiger partial charge in [-0.3, -0.25) is 4.79 Å². The summed E-state index contributed by atoms with van der Waals surface area (Å²) < 4.78 is 0. The van der Waals surface area contributed by atoms with Gasteiger partial charge in [0.1, 0.15) is 5.25 Å². The van der Waals surface area contributed by atoms with Crippen LogP contribution in [0.25, 0.3) is 0 Å². The van der Waals surface area contributed by atoms with Gasteiger partial charge in [0.15, 0.2) is 0 Å². The zero-order valence-electron chi connectivity index (χ0n) is 11.6. The van der Waals surface area contributed by atoms with Gasteiger partial charge in [-0.2, -0.15) is 0 Å². The first-order chi connectivity index (χ1) is 9.29. The van der Waals surface area contributed by atoms with Crippen LogP contribution in [0, 0.1) is 5.92 Å². The summed E-state index contributed by atoms with van der Waals surface area (Å²) in [5, 5.41) is 5.41. The minimum absolute atomic E-state index is 0. The topological polar surface area (TPSA) is 32.3 Å². The molecule has 2 unspecified atom stereocenters. The van der Waals surface area contributed by atoms with Crippen molar-refractivity contribution in [1.82, 2.24) is 10.2 Å². The van der Waals surface area contributed by atoms with E-state index < -0.39 is 0 Å². The van der Waals surface area contributed by atoms with E-state index in [1.165, 1.54) is 10.4 Å². The standard InChI is InChI=1S/C14H20N2OS2.ClH/c1-15-8-10-2-5-16(9-10)14(17)13-11-3-6-18-12(11)4-7-19-13;/h3,6,10,13,15H,2,4-5,7-9H2,1H3;1H. The first kappa shape index (κ1) is 16.1. The van der Waals surface area contributed by atoms with Gasteiger partial charge in [-0.25, -0.2) is 0 Å². The number of hydrogen-bond acceptors (Lipinski definition) is 4. The second-order valence-electron chi connectivity index (χ2n) is 5.30. The van der Waals surface area contributed by atoms with Crippen molar-refractivity contribution < 1.29 is 4.79 Å². The number of hydrogen-bond donors (Lipinski definition) is 1. The smallest absolute Gasteiger partial charge is 0.240 e. The molecule has 2 aliphatic rings. The summed E-state index contributed by atoms with van der Waals surface area (Å²) in [4.78, 5) is 16.2. The lowest BCUT2D eigenvalue weighted by Crippen LogP contribution is -2.34. The maximum Gasteiger partial charge on any atom is 0.240 e. The molecule has 1 aromatic rings. The zero-order valence-corrected chi connectivity index (χ0v) is 14.1. The number of nitrogens with one attached hydrogen (secondary N) is 1. The maximum absolute atomic E-state index is 12.7. The van der Waals surface area contributed by atoms with Crippen LogP contribution in [0.5, 0.6) is 0 Å². The quantitative estimate of drug-likeness (QED) is 0.923. The molecule has 0 saturated carbocycles. The molecule has 6 heteroatoms. The normalized spacial score (nSPS) is 25.1. The Morgan fingerprint density at radius 1 is 1.55 bits per heavy atom. The molecule has 1 aromatic heterocycles. The number of thiophene rings is 1. The van der Waals surface area contributed by atoms with Crippen molar-refractivity contribution in [1.29, 1.82) is 0 Å². The Morgan fingerprint density at radius 2 is 2.40 bits per heavy atom. The maximum atomic E-state index is 12.7. The van der Waals surface area contributed by atoms with E-state index in [4.69, 9.17) is 0 Å². The van der Waals surface area contributed by atoms with E-state index in [0.29, 0.717) is 11.8 Å². The molecule has 0 radical (unpaired) electrons. The van der Waals surface area contributed by atoms with Crippen molar-refractivity contribution >= 4 is 41.4 Å². The Balaban J connectivity index is 0.00000147. The fraction of sp³-hybridized carbons (Fsp3) is 0.643. The van der Waals surface area contributed by atoms with E-state index >= 15 is 0 Å². The van der Waals surface area contributed by atoms with Crippen LogP contribution in [0.1, 0.15) is 22.1 Å². The molecule has 3 rings (SSSR count). The molecule has 1 N–H and O–H groups in total. The highest BCUT2D eigenvalue weighted by Crippen LogP contribution is 2.41. The molecule has 1 fully saturated rings. The molecule has 2 atom stereocenters. The number of carbonyl (C=O) groups excluding carboxylic acids is 1. The largest absolute Gasteiger partial charge is 0.341 e. The molecule has 0 bridgehead atoms. The molecular weight excluding hydrogens is 312 g/mol. The fourth-order valence-corrected chi connectivity index (χ4v) is 5.38. The van der Waals surface area contributed by atoms with Gasteiger partial charge in [-0.15, -0.1) is 35.5 Å². The molecule has 1 amide bonds. The molecule has 20 heavy (non-hydrogen) atoms. The number of fused-ring (bicyclic) bond motifs is 1. The lowest BCUT2D eigenvalue weighted by Gasteiger charge is -2.26. The van der Waals surface area contributed by atoms with Gasteiger partial charge < -0.3 is 10.2 Å². The predicted molar refractivity (Wildman–Crippen MR) is 89.1 cm³/mol. The molecule has 0 spiro atoms. The highest BCUT2D eigenvalue weighted by atomic mass is 35.5. The highest BCUT2D eigenvalue weighted by Gasteiger charge is 2.34. The van der Waals surface area contributed by atoms with Gasteiger partial charge in [0.05, 0.1) is 0 Å². The Bertz CT molecular complexity index is 466. The third kappa shape index (κ3) is 3.16. The summed E-state index contributed by atoms with van der Waals surface area (Å²) in [7, 11) is 1.99. The van der Waals surface area contributed by atoms with Crippen LogP contribution in [0.3, 0.4) is 0 Å². The predicted octanol–water partition coefficient (Wildman–Crippen LogP) is 2.57. The highest BCUT2D eigenvalue weighted by molar-refractivity contribution is 8.00. The van der Waals surface area contributed by atoms with E-state index in [1.54, 1.807) is 11.3 Å². The number of halogens is 1. The Labute approximate surface area is 134 Å². The number of carbonyl (C=O) groups is 1. The monoisotopic (exact) mass is 332 g/mol. The van der Waals surface area contributed by atoms with Crippen LogP contribution in [0.15, 0.2) is 11.4 Å². The first-order valence-corrected chi connectivity index (χ1v) is 8.83. The van der Waals surface area contributed by atoms with Crippen LogP contribution < -0.4 is 5.32 Å². The summed E-state index contributed by atoms with van der Waals surface area (Å²) in [5.74, 6) is 2.05. The Morgan fingerprint density at radius 3 is 3.20 bits per heavy atom. The van der Waals surface area contributed by atoms with Crippen LogP contribution >= 0.6 is 35.5 Å². The number of amides is 1. The number of aryl methyl sites for hydroxylation is 1. The summed E-state index contributed by atoms with van der Waals surface area (Å²) >= 11 is 3.62. The first-order valence-electron chi connectivity index (χ1n) is 6.91. The minimum Gasteiger partial charge on any atom is -0.341 e. The van der Waals surface area contributed by atoms with Crippen LogP contribution in [0.4, 0.5) is 0 Å². The van der Waals surface area contributed by atoms with Crippen molar-refractivity contribution in [2.75, 3.05) is 32.4 Å².